The van der Waals surface area contributed by atoms with Crippen LogP contribution in [-0.2, 0) is 4.79 Å². The average Bonchev–Trinajstić information content (AvgIpc) is 3.44. The smallest absolute Gasteiger partial charge is 0.324 e. The highest BCUT2D eigenvalue weighted by molar-refractivity contribution is 7.22. The minimum atomic E-state index is -0.498. The van der Waals surface area contributed by atoms with Gasteiger partial charge in [0.1, 0.15) is 0 Å². The minimum Gasteiger partial charge on any atom is -0.358 e. The predicted molar refractivity (Wildman–Crippen MR) is 125 cm³/mol. The molecule has 0 atom stereocenters. The second-order valence-corrected chi connectivity index (χ2v) is 7.91. The number of aromatic amines is 1. The van der Waals surface area contributed by atoms with Gasteiger partial charge in [-0.1, -0.05) is 24.3 Å². The molecule has 0 radical (unpaired) electrons. The SMILES string of the molecule is CNC(=O)CNC(=O)c1cccc(NC(=O)Nc2cc(-c3cc4ccccc4s3)[nH]n2)c1. The maximum Gasteiger partial charge on any atom is 0.324 e. The molecule has 0 aliphatic carbocycles. The van der Waals surface area contributed by atoms with Gasteiger partial charge in [0.05, 0.1) is 17.1 Å². The van der Waals surface area contributed by atoms with Gasteiger partial charge in [-0.2, -0.15) is 5.10 Å². The van der Waals surface area contributed by atoms with Crippen LogP contribution in [0.1, 0.15) is 10.4 Å². The van der Waals surface area contributed by atoms with E-state index in [-0.39, 0.29) is 12.5 Å². The molecule has 162 valence electrons. The third-order valence-electron chi connectivity index (χ3n) is 4.58. The van der Waals surface area contributed by atoms with Crippen LogP contribution in [0.4, 0.5) is 16.3 Å². The molecule has 0 bridgehead atoms. The lowest BCUT2D eigenvalue weighted by molar-refractivity contribution is -0.119. The van der Waals surface area contributed by atoms with E-state index in [1.807, 2.05) is 18.2 Å². The first-order chi connectivity index (χ1) is 15.5. The number of H-pyrrole nitrogens is 1. The minimum absolute atomic E-state index is 0.130. The number of nitrogens with one attached hydrogen (secondary N) is 5. The molecule has 0 aliphatic heterocycles. The summed E-state index contributed by atoms with van der Waals surface area (Å²) in [7, 11) is 1.49. The molecule has 0 saturated heterocycles. The fourth-order valence-electron chi connectivity index (χ4n) is 2.99. The maximum absolute atomic E-state index is 12.4. The van der Waals surface area contributed by atoms with E-state index in [1.165, 1.54) is 17.8 Å². The Morgan fingerprint density at radius 3 is 2.66 bits per heavy atom. The zero-order chi connectivity index (χ0) is 22.5. The van der Waals surface area contributed by atoms with Gasteiger partial charge in [-0.3, -0.25) is 20.0 Å². The van der Waals surface area contributed by atoms with Crippen molar-refractivity contribution in [2.75, 3.05) is 24.2 Å². The largest absolute Gasteiger partial charge is 0.358 e. The topological polar surface area (TPSA) is 128 Å². The van der Waals surface area contributed by atoms with Crippen molar-refractivity contribution in [3.63, 3.8) is 0 Å². The molecule has 2 aromatic heterocycles. The van der Waals surface area contributed by atoms with Gasteiger partial charge in [-0.15, -0.1) is 11.3 Å². The van der Waals surface area contributed by atoms with E-state index in [1.54, 1.807) is 35.6 Å². The highest BCUT2D eigenvalue weighted by Gasteiger charge is 2.12. The first kappa shape index (κ1) is 21.1. The van der Waals surface area contributed by atoms with Crippen LogP contribution in [0.15, 0.2) is 60.7 Å². The van der Waals surface area contributed by atoms with Crippen LogP contribution in [0.2, 0.25) is 0 Å². The molecule has 4 aromatic rings. The number of rotatable bonds is 6. The number of amides is 4. The molecular formula is C22H20N6O3S. The number of aromatic nitrogens is 2. The fourth-order valence-corrected chi connectivity index (χ4v) is 4.02. The number of anilines is 2. The predicted octanol–water partition coefficient (Wildman–Crippen LogP) is 3.41. The lowest BCUT2D eigenvalue weighted by Gasteiger charge is -2.08. The van der Waals surface area contributed by atoms with Gasteiger partial charge in [0.25, 0.3) is 5.91 Å². The number of nitrogens with zero attached hydrogens (tertiary/aromatic N) is 1. The molecular weight excluding hydrogens is 428 g/mol. The van der Waals surface area contributed by atoms with E-state index in [2.05, 4.69) is 43.6 Å². The number of benzene rings is 2. The Bertz CT molecular complexity index is 1260. The Morgan fingerprint density at radius 1 is 1.00 bits per heavy atom. The van der Waals surface area contributed by atoms with Gasteiger partial charge >= 0.3 is 6.03 Å². The molecule has 0 unspecified atom stereocenters. The second kappa shape index (κ2) is 9.31. The van der Waals surface area contributed by atoms with Gasteiger partial charge in [-0.25, -0.2) is 4.79 Å². The van der Waals surface area contributed by atoms with Crippen LogP contribution in [0.5, 0.6) is 0 Å². The number of likely N-dealkylation sites (N-methyl/N-ethyl adjacent to an activating group) is 1. The highest BCUT2D eigenvalue weighted by atomic mass is 32.1. The zero-order valence-corrected chi connectivity index (χ0v) is 17.9. The summed E-state index contributed by atoms with van der Waals surface area (Å²) in [5.41, 5.74) is 1.55. The van der Waals surface area contributed by atoms with Crippen LogP contribution >= 0.6 is 11.3 Å². The number of urea groups is 1. The Morgan fingerprint density at radius 2 is 1.84 bits per heavy atom. The van der Waals surface area contributed by atoms with Crippen LogP contribution < -0.4 is 21.3 Å². The summed E-state index contributed by atoms with van der Waals surface area (Å²) >= 11 is 1.63. The normalized spacial score (nSPS) is 10.5. The van der Waals surface area contributed by atoms with E-state index in [0.717, 1.165) is 16.0 Å². The first-order valence-corrected chi connectivity index (χ1v) is 10.5. The number of carbonyl (C=O) groups excluding carboxylic acids is 3. The molecule has 2 aromatic carbocycles. The number of carbonyl (C=O) groups is 3. The lowest BCUT2D eigenvalue weighted by atomic mass is 10.2. The fraction of sp³-hybridized carbons (Fsp3) is 0.0909. The summed E-state index contributed by atoms with van der Waals surface area (Å²) in [4.78, 5) is 36.8. The van der Waals surface area contributed by atoms with Crippen molar-refractivity contribution in [2.24, 2.45) is 0 Å². The van der Waals surface area contributed by atoms with Crippen LogP contribution in [0.3, 0.4) is 0 Å². The van der Waals surface area contributed by atoms with E-state index < -0.39 is 11.9 Å². The first-order valence-electron chi connectivity index (χ1n) is 9.73. The van der Waals surface area contributed by atoms with Gasteiger partial charge in [0.2, 0.25) is 5.91 Å². The number of fused-ring (bicyclic) bond motifs is 1. The van der Waals surface area contributed by atoms with E-state index in [0.29, 0.717) is 17.1 Å². The maximum atomic E-state index is 12.4. The van der Waals surface area contributed by atoms with Gasteiger partial charge in [0, 0.05) is 29.1 Å². The number of thiophene rings is 1. The van der Waals surface area contributed by atoms with Crippen LogP contribution in [0, 0.1) is 0 Å². The Balaban J connectivity index is 1.38. The van der Waals surface area contributed by atoms with Crippen molar-refractivity contribution in [3.8, 4) is 10.6 Å². The van der Waals surface area contributed by atoms with Crippen LogP contribution in [0.25, 0.3) is 20.7 Å². The van der Waals surface area contributed by atoms with Crippen molar-refractivity contribution in [3.05, 3.63) is 66.2 Å². The highest BCUT2D eigenvalue weighted by Crippen LogP contribution is 2.33. The molecule has 2 heterocycles. The summed E-state index contributed by atoms with van der Waals surface area (Å²) in [5.74, 6) is -0.353. The summed E-state index contributed by atoms with van der Waals surface area (Å²) in [6, 6.07) is 17.8. The quantitative estimate of drug-likeness (QED) is 0.310. The number of hydrogen-bond donors (Lipinski definition) is 5. The summed E-state index contributed by atoms with van der Waals surface area (Å²) in [6.45, 7) is -0.130. The van der Waals surface area contributed by atoms with Gasteiger partial charge in [0.15, 0.2) is 5.82 Å². The molecule has 0 saturated carbocycles. The van der Waals surface area contributed by atoms with Crippen molar-refractivity contribution >= 4 is 50.8 Å². The van der Waals surface area contributed by atoms with Gasteiger partial charge in [-0.05, 0) is 35.7 Å². The van der Waals surface area contributed by atoms with E-state index in [9.17, 15) is 14.4 Å². The zero-order valence-electron chi connectivity index (χ0n) is 17.1. The molecule has 4 amide bonds. The average molecular weight is 449 g/mol. The van der Waals surface area contributed by atoms with Crippen molar-refractivity contribution in [2.45, 2.75) is 0 Å². The third-order valence-corrected chi connectivity index (χ3v) is 5.73. The monoisotopic (exact) mass is 448 g/mol. The third kappa shape index (κ3) is 4.93. The van der Waals surface area contributed by atoms with Crippen molar-refractivity contribution in [1.82, 2.24) is 20.8 Å². The summed E-state index contributed by atoms with van der Waals surface area (Å²) in [5, 5.41) is 18.5. The molecule has 10 heteroatoms. The van der Waals surface area contributed by atoms with E-state index in [4.69, 9.17) is 0 Å². The Hall–Kier alpha value is -4.18. The van der Waals surface area contributed by atoms with Crippen molar-refractivity contribution in [1.29, 1.82) is 0 Å². The van der Waals surface area contributed by atoms with E-state index >= 15 is 0 Å². The second-order valence-electron chi connectivity index (χ2n) is 6.83. The molecule has 0 fully saturated rings. The molecule has 32 heavy (non-hydrogen) atoms. The summed E-state index contributed by atoms with van der Waals surface area (Å²) < 4.78 is 1.17. The number of hydrogen-bond acceptors (Lipinski definition) is 5. The van der Waals surface area contributed by atoms with Gasteiger partial charge < -0.3 is 16.0 Å². The summed E-state index contributed by atoms with van der Waals surface area (Å²) in [6.07, 6.45) is 0. The Kier molecular flexibility index (Phi) is 6.13. The lowest BCUT2D eigenvalue weighted by Crippen LogP contribution is -2.35. The van der Waals surface area contributed by atoms with Crippen molar-refractivity contribution < 1.29 is 14.4 Å². The molecule has 9 nitrogen and oxygen atoms in total. The Labute approximate surface area is 187 Å². The van der Waals surface area contributed by atoms with Crippen LogP contribution in [-0.4, -0.2) is 41.6 Å². The molecule has 4 rings (SSSR count). The standard InChI is InChI=1S/C22H20N6O3S/c1-23-20(29)12-24-21(30)14-6-4-7-15(9-14)25-22(31)26-19-11-16(27-28-19)18-10-13-5-2-3-8-17(13)32-18/h2-11H,12H2,1H3,(H,23,29)(H,24,30)(H3,25,26,27,28,31). The molecule has 0 spiro atoms. The molecule has 5 N–H and O–H groups in total. The molecule has 0 aliphatic rings.